The molecule has 4 atom stereocenters. The predicted molar refractivity (Wildman–Crippen MR) is 283 cm³/mol. The van der Waals surface area contributed by atoms with Gasteiger partial charge in [-0.05, 0) is 36.8 Å². The highest BCUT2D eigenvalue weighted by Gasteiger charge is 2.28. The molecule has 0 aliphatic carbocycles. The Kier molecular flexibility index (Phi) is 33.0. The van der Waals surface area contributed by atoms with Gasteiger partial charge in [0.25, 0.3) is 0 Å². The van der Waals surface area contributed by atoms with Crippen LogP contribution < -0.4 is 37.2 Å². The van der Waals surface area contributed by atoms with Crippen LogP contribution in [0.3, 0.4) is 0 Å². The highest BCUT2D eigenvalue weighted by atomic mass is 16.4. The molecule has 1 heterocycles. The van der Waals surface area contributed by atoms with Crippen molar-refractivity contribution in [1.29, 1.82) is 0 Å². The lowest BCUT2D eigenvalue weighted by Gasteiger charge is -2.25. The van der Waals surface area contributed by atoms with Gasteiger partial charge in [-0.2, -0.15) is 0 Å². The van der Waals surface area contributed by atoms with Crippen LogP contribution in [-0.2, 0) is 60.8 Å². The van der Waals surface area contributed by atoms with Crippen LogP contribution in [0.2, 0.25) is 0 Å². The second-order valence-corrected chi connectivity index (χ2v) is 18.5. The van der Waals surface area contributed by atoms with Gasteiger partial charge >= 0.3 is 35.9 Å². The number of amides is 7. The highest BCUT2D eigenvalue weighted by molar-refractivity contribution is 5.92. The number of nitrogens with one attached hydrogen (secondary N) is 7. The Balaban J connectivity index is 0.000000876. The summed E-state index contributed by atoms with van der Waals surface area (Å²) < 4.78 is 0. The summed E-state index contributed by atoms with van der Waals surface area (Å²) in [6, 6.07) is 13.1. The lowest BCUT2D eigenvalue weighted by atomic mass is 10.0. The lowest BCUT2D eigenvalue weighted by molar-refractivity contribution is -0.141. The number of carboxylic acids is 5. The monoisotopic (exact) mass is 1100 g/mol. The topological polar surface area (TPSA) is 383 Å². The Morgan fingerprint density at radius 3 is 1.42 bits per heavy atom. The molecular weight excluding hydrogens is 1020 g/mol. The number of carbonyl (C=O) groups is 11. The van der Waals surface area contributed by atoms with Gasteiger partial charge in [-0.25, -0.2) is 14.4 Å². The van der Waals surface area contributed by atoms with Crippen molar-refractivity contribution in [1.82, 2.24) is 51.9 Å². The molecule has 7 amide bonds. The first-order valence-corrected chi connectivity index (χ1v) is 26.0. The molecule has 1 saturated heterocycles. The van der Waals surface area contributed by atoms with Gasteiger partial charge in [0.05, 0.1) is 19.6 Å². The average Bonchev–Trinajstić information content (AvgIpc) is 3.47. The van der Waals surface area contributed by atoms with Gasteiger partial charge in [-0.1, -0.05) is 93.3 Å². The Morgan fingerprint density at radius 1 is 0.487 bits per heavy atom. The van der Waals surface area contributed by atoms with E-state index in [1.54, 1.807) is 16.7 Å². The van der Waals surface area contributed by atoms with Gasteiger partial charge in [0.1, 0.15) is 24.2 Å². The number of aliphatic carboxylic acids is 5. The van der Waals surface area contributed by atoms with E-state index in [1.165, 1.54) is 0 Å². The van der Waals surface area contributed by atoms with Crippen molar-refractivity contribution in [2.45, 2.75) is 108 Å². The Morgan fingerprint density at radius 2 is 0.949 bits per heavy atom. The summed E-state index contributed by atoms with van der Waals surface area (Å²) >= 11 is 0. The highest BCUT2D eigenvalue weighted by Crippen LogP contribution is 2.10. The number of carboxylic acid groups (broad SMARTS) is 5. The first kappa shape index (κ1) is 66.4. The minimum atomic E-state index is -1.39. The second kappa shape index (κ2) is 38.8. The van der Waals surface area contributed by atoms with Crippen molar-refractivity contribution >= 4 is 65.9 Å². The fourth-order valence-corrected chi connectivity index (χ4v) is 8.00. The minimum absolute atomic E-state index is 0.00280. The van der Waals surface area contributed by atoms with E-state index < -0.39 is 78.3 Å². The summed E-state index contributed by atoms with van der Waals surface area (Å²) in [4.78, 5) is 135. The number of nitrogens with zero attached hydrogens (tertiary/aromatic N) is 3. The third-order valence-corrected chi connectivity index (χ3v) is 12.1. The normalized spacial score (nSPS) is 14.5. The number of urea groups is 1. The van der Waals surface area contributed by atoms with Crippen molar-refractivity contribution in [2.24, 2.45) is 0 Å². The van der Waals surface area contributed by atoms with Gasteiger partial charge in [0.2, 0.25) is 30.0 Å². The Labute approximate surface area is 453 Å². The number of hydrogen-bond acceptors (Lipinski definition) is 14. The van der Waals surface area contributed by atoms with Crippen molar-refractivity contribution in [3.05, 3.63) is 71.8 Å². The molecule has 2 aromatic carbocycles. The predicted octanol–water partition coefficient (Wildman–Crippen LogP) is -0.294. The summed E-state index contributed by atoms with van der Waals surface area (Å²) in [5.74, 6) is -7.32. The summed E-state index contributed by atoms with van der Waals surface area (Å²) in [7, 11) is 0. The SMILES string of the molecule is CCCC(NC(=O)NC(CCC(=O)O)C(=O)O)C(=O)O.O=CNCCCCCCCC(=O)NC(Cc1ccccc1)C(=O)NC(Cc1ccccc1)C(=O)NCCNC(=O)CN1CCN(CC(=O)O)CCN(CC(=O)O)CC1. The fraction of sp³-hybridized carbons (Fsp3) is 0.558. The molecule has 1 aliphatic heterocycles. The number of benzene rings is 2. The van der Waals surface area contributed by atoms with Crippen LogP contribution in [0.4, 0.5) is 4.79 Å². The summed E-state index contributed by atoms with van der Waals surface area (Å²) in [5.41, 5.74) is 1.66. The van der Waals surface area contributed by atoms with E-state index in [2.05, 4.69) is 31.9 Å². The van der Waals surface area contributed by atoms with Crippen molar-refractivity contribution in [3.8, 4) is 0 Å². The van der Waals surface area contributed by atoms with Crippen LogP contribution in [-0.4, -0.2) is 209 Å². The van der Waals surface area contributed by atoms with Crippen molar-refractivity contribution < 1.29 is 78.3 Å². The zero-order valence-corrected chi connectivity index (χ0v) is 44.2. The van der Waals surface area contributed by atoms with E-state index in [0.29, 0.717) is 65.1 Å². The third-order valence-electron chi connectivity index (χ3n) is 12.1. The second-order valence-electron chi connectivity index (χ2n) is 18.5. The summed E-state index contributed by atoms with van der Waals surface area (Å²) in [5, 5.41) is 62.9. The number of carbonyl (C=O) groups excluding carboxylic acids is 6. The molecule has 78 heavy (non-hydrogen) atoms. The number of hydrogen-bond donors (Lipinski definition) is 12. The van der Waals surface area contributed by atoms with Crippen LogP contribution in [0, 0.1) is 0 Å². The zero-order chi connectivity index (χ0) is 57.7. The maximum Gasteiger partial charge on any atom is 0.326 e. The summed E-state index contributed by atoms with van der Waals surface area (Å²) in [6.45, 7) is 4.52. The quantitative estimate of drug-likeness (QED) is 0.0312. The van der Waals surface area contributed by atoms with Gasteiger partial charge in [-0.15, -0.1) is 0 Å². The first-order chi connectivity index (χ1) is 37.3. The molecule has 1 fully saturated rings. The van der Waals surface area contributed by atoms with E-state index in [4.69, 9.17) is 15.3 Å². The molecule has 0 bridgehead atoms. The Hall–Kier alpha value is -7.71. The molecule has 1 aliphatic rings. The summed E-state index contributed by atoms with van der Waals surface area (Å²) in [6.07, 6.45) is 5.56. The molecule has 26 nitrogen and oxygen atoms in total. The molecule has 4 unspecified atom stereocenters. The van der Waals surface area contributed by atoms with Crippen LogP contribution in [0.1, 0.15) is 82.3 Å². The van der Waals surface area contributed by atoms with Gasteiger partial charge < -0.3 is 62.8 Å². The van der Waals surface area contributed by atoms with Gasteiger partial charge in [0, 0.05) is 84.6 Å². The average molecular weight is 1100 g/mol. The molecule has 0 spiro atoms. The largest absolute Gasteiger partial charge is 0.481 e. The van der Waals surface area contributed by atoms with Gasteiger partial charge in [-0.3, -0.25) is 53.1 Å². The fourth-order valence-electron chi connectivity index (χ4n) is 8.00. The molecule has 3 rings (SSSR count). The van der Waals surface area contributed by atoms with E-state index >= 15 is 0 Å². The van der Waals surface area contributed by atoms with Crippen molar-refractivity contribution in [2.75, 3.05) is 78.5 Å². The van der Waals surface area contributed by atoms with Crippen molar-refractivity contribution in [3.63, 3.8) is 0 Å². The molecule has 432 valence electrons. The lowest BCUT2D eigenvalue weighted by Crippen LogP contribution is -2.55. The molecule has 0 saturated carbocycles. The van der Waals surface area contributed by atoms with Crippen LogP contribution in [0.15, 0.2) is 60.7 Å². The first-order valence-electron chi connectivity index (χ1n) is 26.0. The standard InChI is InChI=1S/C41H60N8O9.C11H18N2O7/c50-31-42-17-11-3-1-2-10-16-36(51)45-35(27-33-14-8-5-9-15-33)41(58)46-34(26-32-12-6-4-7-13-32)40(57)44-19-18-43-37(52)28-47-20-22-48(29-38(53)54)24-25-49(23-21-47)30-39(55)56;1-2-3-6(9(16)17)12-11(20)13-7(10(18)19)4-5-8(14)15/h4-9,12-15,31,34-35H,1-3,10-11,16-30H2,(H,42,50)(H,43,52)(H,44,57)(H,45,51)(H,46,58)(H,53,54)(H,55,56);6-7H,2-5H2,1H3,(H,14,15)(H,16,17)(H,18,19)(H2,12,13,20). The van der Waals surface area contributed by atoms with E-state index in [1.807, 2.05) is 70.9 Å². The van der Waals surface area contributed by atoms with Crippen LogP contribution in [0.25, 0.3) is 0 Å². The number of rotatable bonds is 35. The molecule has 0 radical (unpaired) electrons. The van der Waals surface area contributed by atoms with E-state index in [0.717, 1.165) is 36.8 Å². The van der Waals surface area contributed by atoms with E-state index in [-0.39, 0.29) is 76.6 Å². The molecule has 26 heteroatoms. The van der Waals surface area contributed by atoms with E-state index in [9.17, 15) is 63.0 Å². The smallest absolute Gasteiger partial charge is 0.326 e. The Bertz CT molecular complexity index is 2180. The minimum Gasteiger partial charge on any atom is -0.481 e. The molecule has 12 N–H and O–H groups in total. The molecule has 0 aromatic heterocycles. The number of unbranched alkanes of at least 4 members (excludes halogenated alkanes) is 4. The maximum atomic E-state index is 13.8. The maximum absolute atomic E-state index is 13.8. The van der Waals surface area contributed by atoms with Crippen LogP contribution in [0.5, 0.6) is 0 Å². The third kappa shape index (κ3) is 30.7. The zero-order valence-electron chi connectivity index (χ0n) is 44.2. The molecular formula is C52H78N10O16. The van der Waals surface area contributed by atoms with Gasteiger partial charge in [0.15, 0.2) is 0 Å². The molecule has 2 aromatic rings. The van der Waals surface area contributed by atoms with Crippen LogP contribution >= 0.6 is 0 Å².